The third-order valence-corrected chi connectivity index (χ3v) is 8.65. The zero-order valence-electron chi connectivity index (χ0n) is 24.6. The van der Waals surface area contributed by atoms with Crippen molar-refractivity contribution in [1.29, 1.82) is 0 Å². The minimum Gasteiger partial charge on any atom is -0.744 e. The SMILES string of the molecule is CCCCCCCCCC[N+](C)(CCCBr)CCCCCCCCCC.Cc1ccc(S(=O)(=O)[O-])cc1. The molecule has 1 rings (SSSR count). The molecule has 0 fully saturated rings. The number of unbranched alkanes of at least 4 members (excludes halogenated alkanes) is 14. The second kappa shape index (κ2) is 23.5. The van der Waals surface area contributed by atoms with Crippen LogP contribution in [0.1, 0.15) is 129 Å². The van der Waals surface area contributed by atoms with E-state index in [1.54, 1.807) is 12.1 Å². The van der Waals surface area contributed by atoms with Crippen molar-refractivity contribution in [1.82, 2.24) is 0 Å². The van der Waals surface area contributed by atoms with Gasteiger partial charge in [-0.25, -0.2) is 8.42 Å². The first-order valence-corrected chi connectivity index (χ1v) is 17.6. The van der Waals surface area contributed by atoms with Gasteiger partial charge < -0.3 is 9.04 Å². The highest BCUT2D eigenvalue weighted by atomic mass is 79.9. The Morgan fingerprint density at radius 2 is 1.00 bits per heavy atom. The molecule has 0 aliphatic carbocycles. The number of aryl methyl sites for hydroxylation is 1. The monoisotopic (exact) mass is 603 g/mol. The van der Waals surface area contributed by atoms with Gasteiger partial charge >= 0.3 is 0 Å². The summed E-state index contributed by atoms with van der Waals surface area (Å²) in [4.78, 5) is -0.178. The highest BCUT2D eigenvalue weighted by Crippen LogP contribution is 2.16. The quantitative estimate of drug-likeness (QED) is 0.0573. The average Bonchev–Trinajstić information content (AvgIpc) is 2.86. The van der Waals surface area contributed by atoms with Crippen molar-refractivity contribution in [2.45, 2.75) is 135 Å². The van der Waals surface area contributed by atoms with Gasteiger partial charge in [-0.15, -0.1) is 0 Å². The van der Waals surface area contributed by atoms with Gasteiger partial charge in [-0.05, 0) is 44.7 Å². The molecule has 0 amide bonds. The van der Waals surface area contributed by atoms with Crippen LogP contribution in [0.15, 0.2) is 29.2 Å². The van der Waals surface area contributed by atoms with Crippen molar-refractivity contribution in [3.63, 3.8) is 0 Å². The molecule has 0 bridgehead atoms. The maximum Gasteiger partial charge on any atom is 0.124 e. The number of nitrogens with zero attached hydrogens (tertiary/aromatic N) is 1. The van der Waals surface area contributed by atoms with E-state index in [1.807, 2.05) is 6.92 Å². The lowest BCUT2D eigenvalue weighted by molar-refractivity contribution is -0.910. The van der Waals surface area contributed by atoms with E-state index in [2.05, 4.69) is 36.8 Å². The second-order valence-electron chi connectivity index (χ2n) is 11.0. The lowest BCUT2D eigenvalue weighted by Crippen LogP contribution is -2.46. The zero-order valence-corrected chi connectivity index (χ0v) is 27.0. The van der Waals surface area contributed by atoms with Crippen LogP contribution in [-0.4, -0.2) is 49.5 Å². The molecule has 0 N–H and O–H groups in total. The highest BCUT2D eigenvalue weighted by molar-refractivity contribution is 9.09. The van der Waals surface area contributed by atoms with Gasteiger partial charge in [0, 0.05) is 11.8 Å². The van der Waals surface area contributed by atoms with Gasteiger partial charge in [0.15, 0.2) is 0 Å². The minimum absolute atomic E-state index is 0.178. The summed E-state index contributed by atoms with van der Waals surface area (Å²) in [6, 6.07) is 5.78. The van der Waals surface area contributed by atoms with Crippen LogP contribution in [0.4, 0.5) is 0 Å². The van der Waals surface area contributed by atoms with E-state index in [0.29, 0.717) is 0 Å². The summed E-state index contributed by atoms with van der Waals surface area (Å²) in [6.45, 7) is 10.6. The van der Waals surface area contributed by atoms with Crippen molar-refractivity contribution >= 4 is 26.0 Å². The molecule has 0 unspecified atom stereocenters. The molecule has 4 nitrogen and oxygen atoms in total. The molecule has 0 aromatic heterocycles. The van der Waals surface area contributed by atoms with E-state index < -0.39 is 10.1 Å². The smallest absolute Gasteiger partial charge is 0.124 e. The number of alkyl halides is 1. The molecule has 0 atom stereocenters. The molecular weight excluding hydrogens is 546 g/mol. The molecule has 0 radical (unpaired) electrons. The number of benzene rings is 1. The Morgan fingerprint density at radius 3 is 1.35 bits per heavy atom. The van der Waals surface area contributed by atoms with E-state index in [4.69, 9.17) is 0 Å². The highest BCUT2D eigenvalue weighted by Gasteiger charge is 2.19. The Bertz CT molecular complexity index is 717. The summed E-state index contributed by atoms with van der Waals surface area (Å²) in [7, 11) is -1.75. The first-order chi connectivity index (χ1) is 17.7. The van der Waals surface area contributed by atoms with E-state index in [9.17, 15) is 13.0 Å². The second-order valence-corrected chi connectivity index (χ2v) is 13.2. The van der Waals surface area contributed by atoms with Crippen molar-refractivity contribution < 1.29 is 17.5 Å². The Kier molecular flexibility index (Phi) is 23.2. The summed E-state index contributed by atoms with van der Waals surface area (Å²) in [5.41, 5.74) is 0.928. The number of quaternary nitrogens is 1. The van der Waals surface area contributed by atoms with Crippen molar-refractivity contribution in [2.75, 3.05) is 32.0 Å². The molecule has 0 spiro atoms. The average molecular weight is 605 g/mol. The summed E-state index contributed by atoms with van der Waals surface area (Å²) < 4.78 is 32.5. The standard InChI is InChI=1S/C24H51BrN.C7H8O3S/c1-4-6-8-10-12-14-16-18-22-26(3,24-20-21-25)23-19-17-15-13-11-9-7-5-2;1-6-2-4-7(5-3-6)11(8,9)10/h4-24H2,1-3H3;2-5H,1H3,(H,8,9,10)/q+1;/p-1. The third-order valence-electron chi connectivity index (χ3n) is 7.24. The van der Waals surface area contributed by atoms with Gasteiger partial charge in [0.1, 0.15) is 10.1 Å². The maximum absolute atomic E-state index is 10.4. The lowest BCUT2D eigenvalue weighted by atomic mass is 10.1. The fourth-order valence-electron chi connectivity index (χ4n) is 4.74. The molecule has 0 saturated carbocycles. The summed E-state index contributed by atoms with van der Waals surface area (Å²) in [5, 5.41) is 1.16. The van der Waals surface area contributed by atoms with Crippen LogP contribution >= 0.6 is 15.9 Å². The van der Waals surface area contributed by atoms with E-state index in [0.717, 1.165) is 10.9 Å². The van der Waals surface area contributed by atoms with Gasteiger partial charge in [0.2, 0.25) is 0 Å². The first-order valence-electron chi connectivity index (χ1n) is 15.1. The van der Waals surface area contributed by atoms with Crippen LogP contribution in [-0.2, 0) is 10.1 Å². The topological polar surface area (TPSA) is 57.2 Å². The third kappa shape index (κ3) is 22.1. The normalized spacial score (nSPS) is 11.8. The Labute approximate surface area is 239 Å². The molecule has 0 aliphatic heterocycles. The lowest BCUT2D eigenvalue weighted by Gasteiger charge is -2.35. The van der Waals surface area contributed by atoms with E-state index in [-0.39, 0.29) is 4.90 Å². The number of rotatable bonds is 22. The summed E-state index contributed by atoms with van der Waals surface area (Å²) >= 11 is 3.64. The van der Waals surface area contributed by atoms with Gasteiger partial charge in [0.05, 0.1) is 31.6 Å². The van der Waals surface area contributed by atoms with Crippen molar-refractivity contribution in [2.24, 2.45) is 0 Å². The largest absolute Gasteiger partial charge is 0.744 e. The molecule has 1 aromatic rings. The first kappa shape index (κ1) is 36.6. The number of hydrogen-bond donors (Lipinski definition) is 0. The Morgan fingerprint density at radius 1 is 0.649 bits per heavy atom. The maximum atomic E-state index is 10.4. The van der Waals surface area contributed by atoms with E-state index in [1.165, 1.54) is 145 Å². The predicted octanol–water partition coefficient (Wildman–Crippen LogP) is 9.40. The van der Waals surface area contributed by atoms with Crippen LogP contribution in [0.25, 0.3) is 0 Å². The fraction of sp³-hybridized carbons (Fsp3) is 0.806. The molecule has 6 heteroatoms. The number of hydrogen-bond acceptors (Lipinski definition) is 3. The van der Waals surface area contributed by atoms with Gasteiger partial charge in [-0.3, -0.25) is 0 Å². The summed E-state index contributed by atoms with van der Waals surface area (Å²) in [6.07, 6.45) is 24.3. The molecule has 37 heavy (non-hydrogen) atoms. The molecular formula is C31H58BrNO3S. The van der Waals surface area contributed by atoms with Crippen molar-refractivity contribution in [3.05, 3.63) is 29.8 Å². The number of halogens is 1. The van der Waals surface area contributed by atoms with E-state index >= 15 is 0 Å². The van der Waals surface area contributed by atoms with Crippen LogP contribution in [0.3, 0.4) is 0 Å². The molecule has 0 aliphatic rings. The van der Waals surface area contributed by atoms with Crippen LogP contribution in [0, 0.1) is 6.92 Å². The Balaban J connectivity index is 0.000000970. The zero-order chi connectivity index (χ0) is 27.8. The van der Waals surface area contributed by atoms with Gasteiger partial charge in [-0.1, -0.05) is 125 Å². The predicted molar refractivity (Wildman–Crippen MR) is 164 cm³/mol. The van der Waals surface area contributed by atoms with Gasteiger partial charge in [-0.2, -0.15) is 0 Å². The van der Waals surface area contributed by atoms with Crippen LogP contribution in [0.2, 0.25) is 0 Å². The van der Waals surface area contributed by atoms with Crippen LogP contribution < -0.4 is 0 Å². The fourth-order valence-corrected chi connectivity index (χ4v) is 5.46. The molecule has 0 heterocycles. The van der Waals surface area contributed by atoms with Crippen molar-refractivity contribution in [3.8, 4) is 0 Å². The van der Waals surface area contributed by atoms with Crippen LogP contribution in [0.5, 0.6) is 0 Å². The van der Waals surface area contributed by atoms with Gasteiger partial charge in [0.25, 0.3) is 0 Å². The Hall–Kier alpha value is -0.430. The molecule has 0 saturated heterocycles. The summed E-state index contributed by atoms with van der Waals surface area (Å²) in [5.74, 6) is 0. The minimum atomic E-state index is -4.27. The molecule has 1 aromatic carbocycles. The molecule has 218 valence electrons.